The number of hydrogen-bond acceptors (Lipinski definition) is 6. The predicted molar refractivity (Wildman–Crippen MR) is 101 cm³/mol. The second-order valence-corrected chi connectivity index (χ2v) is 7.25. The topological polar surface area (TPSA) is 115 Å². The number of nitrogens with zero attached hydrogens (tertiary/aromatic N) is 3. The van der Waals surface area contributed by atoms with E-state index in [-0.39, 0.29) is 18.0 Å². The highest BCUT2D eigenvalue weighted by molar-refractivity contribution is 7.99. The summed E-state index contributed by atoms with van der Waals surface area (Å²) >= 11 is 1.04. The van der Waals surface area contributed by atoms with Gasteiger partial charge >= 0.3 is 6.03 Å². The summed E-state index contributed by atoms with van der Waals surface area (Å²) in [5, 5.41) is 13.0. The maximum Gasteiger partial charge on any atom is 0.321 e. The molecule has 0 radical (unpaired) electrons. The molecule has 2 rings (SSSR count). The van der Waals surface area contributed by atoms with E-state index >= 15 is 0 Å². The van der Waals surface area contributed by atoms with Crippen LogP contribution >= 0.6 is 11.8 Å². The van der Waals surface area contributed by atoms with E-state index < -0.39 is 11.9 Å². The molecule has 0 saturated heterocycles. The van der Waals surface area contributed by atoms with Crippen LogP contribution in [0.1, 0.15) is 31.7 Å². The van der Waals surface area contributed by atoms with Crippen molar-refractivity contribution in [2.45, 2.75) is 31.8 Å². The summed E-state index contributed by atoms with van der Waals surface area (Å²) in [6.45, 7) is 4.59. The van der Waals surface area contributed by atoms with E-state index in [2.05, 4.69) is 20.8 Å². The molecule has 2 aromatic rings. The number of nitrogens with two attached hydrogens (primary N) is 1. The normalized spacial score (nSPS) is 10.8. The second-order valence-electron chi connectivity index (χ2n) is 6.31. The van der Waals surface area contributed by atoms with Gasteiger partial charge in [-0.2, -0.15) is 0 Å². The number of hydrogen-bond donors (Lipinski definition) is 3. The van der Waals surface area contributed by atoms with E-state index in [1.165, 1.54) is 10.7 Å². The van der Waals surface area contributed by atoms with Crippen molar-refractivity contribution in [2.24, 2.45) is 5.92 Å². The van der Waals surface area contributed by atoms with Crippen LogP contribution in [0.25, 0.3) is 0 Å². The molecule has 27 heavy (non-hydrogen) atoms. The molecule has 0 atom stereocenters. The van der Waals surface area contributed by atoms with Gasteiger partial charge in [0.15, 0.2) is 5.82 Å². The van der Waals surface area contributed by atoms with Gasteiger partial charge in [-0.05, 0) is 24.0 Å². The van der Waals surface area contributed by atoms with Gasteiger partial charge in [-0.25, -0.2) is 13.9 Å². The zero-order valence-electron chi connectivity index (χ0n) is 15.2. The van der Waals surface area contributed by atoms with Crippen LogP contribution in [0.15, 0.2) is 29.4 Å². The summed E-state index contributed by atoms with van der Waals surface area (Å²) in [5.41, 5.74) is 0.448. The van der Waals surface area contributed by atoms with E-state index in [9.17, 15) is 14.0 Å². The first-order valence-corrected chi connectivity index (χ1v) is 9.48. The highest BCUT2D eigenvalue weighted by atomic mass is 32.2. The Morgan fingerprint density at radius 3 is 2.74 bits per heavy atom. The van der Waals surface area contributed by atoms with Gasteiger partial charge in [-0.3, -0.25) is 10.1 Å². The Kier molecular flexibility index (Phi) is 7.59. The molecule has 1 heterocycles. The number of urea groups is 1. The molecule has 146 valence electrons. The molecule has 1 aromatic carbocycles. The quantitative estimate of drug-likeness (QED) is 0.464. The van der Waals surface area contributed by atoms with Crippen LogP contribution in [0.3, 0.4) is 0 Å². The molecule has 0 aliphatic rings. The molecule has 0 bridgehead atoms. The van der Waals surface area contributed by atoms with Crippen molar-refractivity contribution in [2.75, 3.05) is 18.1 Å². The SMILES string of the molecule is CC(C)CCNC(=O)NC(=O)CSc1nnc(Cc2ccccc2F)n1N. The number of rotatable bonds is 8. The van der Waals surface area contributed by atoms with Crippen molar-refractivity contribution >= 4 is 23.7 Å². The maximum absolute atomic E-state index is 13.7. The van der Waals surface area contributed by atoms with Crippen molar-refractivity contribution in [3.63, 3.8) is 0 Å². The van der Waals surface area contributed by atoms with Crippen LogP contribution in [0.5, 0.6) is 0 Å². The average Bonchev–Trinajstić information content (AvgIpc) is 2.95. The standard InChI is InChI=1S/C17H23FN6O2S/c1-11(2)7-8-20-16(26)21-15(25)10-27-17-23-22-14(24(17)19)9-12-5-3-4-6-13(12)18/h3-6,11H,7-10,19H2,1-2H3,(H2,20,21,25,26). The summed E-state index contributed by atoms with van der Waals surface area (Å²) in [6.07, 6.45) is 1.01. The number of halogens is 1. The summed E-state index contributed by atoms with van der Waals surface area (Å²) in [4.78, 5) is 23.4. The number of imide groups is 1. The average molecular weight is 394 g/mol. The van der Waals surface area contributed by atoms with Crippen molar-refractivity contribution < 1.29 is 14.0 Å². The minimum absolute atomic E-state index is 0.0490. The molecular weight excluding hydrogens is 371 g/mol. The van der Waals surface area contributed by atoms with Gasteiger partial charge in [-0.15, -0.1) is 10.2 Å². The number of nitrogens with one attached hydrogen (secondary N) is 2. The van der Waals surface area contributed by atoms with Crippen LogP contribution in [-0.2, 0) is 11.2 Å². The number of benzene rings is 1. The second kappa shape index (κ2) is 9.91. The predicted octanol–water partition coefficient (Wildman–Crippen LogP) is 1.69. The van der Waals surface area contributed by atoms with Crippen LogP contribution in [0, 0.1) is 11.7 Å². The first kappa shape index (κ1) is 20.7. The summed E-state index contributed by atoms with van der Waals surface area (Å²) in [5.74, 6) is 5.88. The Morgan fingerprint density at radius 1 is 1.30 bits per heavy atom. The van der Waals surface area contributed by atoms with Crippen LogP contribution in [0.2, 0.25) is 0 Å². The van der Waals surface area contributed by atoms with E-state index in [0.717, 1.165) is 18.2 Å². The molecular formula is C17H23FN6O2S. The van der Waals surface area contributed by atoms with Crippen LogP contribution in [-0.4, -0.2) is 39.1 Å². The molecule has 10 heteroatoms. The number of nitrogen functional groups attached to an aromatic ring is 1. The first-order chi connectivity index (χ1) is 12.9. The smallest absolute Gasteiger partial charge is 0.321 e. The zero-order chi connectivity index (χ0) is 19.8. The van der Waals surface area contributed by atoms with Gasteiger partial charge < -0.3 is 11.2 Å². The Morgan fingerprint density at radius 2 is 2.04 bits per heavy atom. The minimum Gasteiger partial charge on any atom is -0.338 e. The summed E-state index contributed by atoms with van der Waals surface area (Å²) < 4.78 is 14.9. The lowest BCUT2D eigenvalue weighted by Crippen LogP contribution is -2.40. The number of carbonyl (C=O) groups is 2. The molecule has 3 amide bonds. The molecule has 1 aromatic heterocycles. The van der Waals surface area contributed by atoms with Crippen LogP contribution in [0.4, 0.5) is 9.18 Å². The first-order valence-electron chi connectivity index (χ1n) is 8.50. The highest BCUT2D eigenvalue weighted by Crippen LogP contribution is 2.17. The fraction of sp³-hybridized carbons (Fsp3) is 0.412. The molecule has 4 N–H and O–H groups in total. The largest absolute Gasteiger partial charge is 0.338 e. The van der Waals surface area contributed by atoms with Gasteiger partial charge in [0.25, 0.3) is 0 Å². The lowest BCUT2D eigenvalue weighted by molar-refractivity contribution is -0.117. The fourth-order valence-electron chi connectivity index (χ4n) is 2.15. The van der Waals surface area contributed by atoms with Crippen molar-refractivity contribution in [3.8, 4) is 0 Å². The minimum atomic E-state index is -0.532. The van der Waals surface area contributed by atoms with Gasteiger partial charge in [0.05, 0.1) is 5.75 Å². The maximum atomic E-state index is 13.7. The molecule has 0 spiro atoms. The molecule has 0 unspecified atom stereocenters. The number of amides is 3. The molecule has 0 fully saturated rings. The van der Waals surface area contributed by atoms with E-state index in [1.54, 1.807) is 18.2 Å². The molecule has 0 saturated carbocycles. The lowest BCUT2D eigenvalue weighted by atomic mass is 10.1. The third kappa shape index (κ3) is 6.55. The van der Waals surface area contributed by atoms with Gasteiger partial charge in [0, 0.05) is 13.0 Å². The van der Waals surface area contributed by atoms with E-state index in [1.807, 2.05) is 13.8 Å². The van der Waals surface area contributed by atoms with Crippen molar-refractivity contribution in [1.82, 2.24) is 25.5 Å². The Balaban J connectivity index is 1.82. The van der Waals surface area contributed by atoms with Crippen molar-refractivity contribution in [3.05, 3.63) is 41.5 Å². The fourth-order valence-corrected chi connectivity index (χ4v) is 2.83. The third-order valence-corrected chi connectivity index (χ3v) is 4.58. The monoisotopic (exact) mass is 394 g/mol. The molecule has 0 aliphatic heterocycles. The Hall–Kier alpha value is -2.62. The lowest BCUT2D eigenvalue weighted by Gasteiger charge is -2.08. The number of aromatic nitrogens is 3. The number of carbonyl (C=O) groups excluding carboxylic acids is 2. The van der Waals surface area contributed by atoms with E-state index in [4.69, 9.17) is 5.84 Å². The summed E-state index contributed by atoms with van der Waals surface area (Å²) in [7, 11) is 0. The van der Waals surface area contributed by atoms with E-state index in [0.29, 0.717) is 29.0 Å². The molecule has 0 aliphatic carbocycles. The Bertz CT molecular complexity index is 795. The molecule has 8 nitrogen and oxygen atoms in total. The number of thioether (sulfide) groups is 1. The Labute approximate surface area is 161 Å². The van der Waals surface area contributed by atoms with Crippen molar-refractivity contribution in [1.29, 1.82) is 0 Å². The third-order valence-electron chi connectivity index (χ3n) is 3.63. The van der Waals surface area contributed by atoms with Gasteiger partial charge in [0.1, 0.15) is 5.82 Å². The van der Waals surface area contributed by atoms with Gasteiger partial charge in [0.2, 0.25) is 11.1 Å². The van der Waals surface area contributed by atoms with Gasteiger partial charge in [-0.1, -0.05) is 43.8 Å². The summed E-state index contributed by atoms with van der Waals surface area (Å²) in [6, 6.07) is 5.80. The zero-order valence-corrected chi connectivity index (χ0v) is 16.1. The van der Waals surface area contributed by atoms with Crippen LogP contribution < -0.4 is 16.5 Å². The highest BCUT2D eigenvalue weighted by Gasteiger charge is 2.15.